The number of carbonyl (C=O) groups is 1. The number of pyridine rings is 1. The molecule has 1 aromatic carbocycles. The van der Waals surface area contributed by atoms with Gasteiger partial charge in [0.15, 0.2) is 11.5 Å². The molecule has 10 heteroatoms. The van der Waals surface area contributed by atoms with E-state index in [1.807, 2.05) is 0 Å². The van der Waals surface area contributed by atoms with Crippen LogP contribution in [0.4, 0.5) is 13.2 Å². The molecule has 0 fully saturated rings. The van der Waals surface area contributed by atoms with E-state index < -0.39 is 17.6 Å². The zero-order valence-electron chi connectivity index (χ0n) is 13.3. The molecule has 6 nitrogen and oxygen atoms in total. The largest absolute Gasteiger partial charge is 0.497 e. The number of carbonyl (C=O) groups excluding carboxylic acids is 1. The molecule has 0 aliphatic rings. The van der Waals surface area contributed by atoms with Gasteiger partial charge in [0, 0.05) is 11.8 Å². The first-order valence-electron chi connectivity index (χ1n) is 7.32. The fourth-order valence-electron chi connectivity index (χ4n) is 2.30. The number of ether oxygens (including phenoxy) is 1. The lowest BCUT2D eigenvalue weighted by atomic mass is 10.2. The van der Waals surface area contributed by atoms with Crippen LogP contribution in [-0.4, -0.2) is 27.6 Å². The Hall–Kier alpha value is -2.81. The summed E-state index contributed by atoms with van der Waals surface area (Å²) in [6.45, 7) is -0.130. The molecule has 0 saturated heterocycles. The van der Waals surface area contributed by atoms with E-state index in [0.29, 0.717) is 11.3 Å². The van der Waals surface area contributed by atoms with Gasteiger partial charge in [0.25, 0.3) is 5.91 Å². The SMILES string of the molecule is COc1cccc(C(=O)NCc2nnc3c(Cl)cc(C(F)(F)F)cn23)c1. The Labute approximate surface area is 150 Å². The molecular weight excluding hydrogens is 373 g/mol. The van der Waals surface area contributed by atoms with Crippen molar-refractivity contribution in [3.05, 3.63) is 58.5 Å². The Bertz CT molecular complexity index is 972. The van der Waals surface area contributed by atoms with Gasteiger partial charge >= 0.3 is 6.18 Å². The summed E-state index contributed by atoms with van der Waals surface area (Å²) in [4.78, 5) is 12.2. The van der Waals surface area contributed by atoms with Gasteiger partial charge in [-0.15, -0.1) is 10.2 Å². The highest BCUT2D eigenvalue weighted by Crippen LogP contribution is 2.32. The maximum absolute atomic E-state index is 12.9. The van der Waals surface area contributed by atoms with Crippen LogP contribution < -0.4 is 10.1 Å². The number of hydrogen-bond donors (Lipinski definition) is 1. The highest BCUT2D eigenvalue weighted by atomic mass is 35.5. The summed E-state index contributed by atoms with van der Waals surface area (Å²) in [7, 11) is 1.47. The number of nitrogens with one attached hydrogen (secondary N) is 1. The molecule has 136 valence electrons. The minimum absolute atomic E-state index is 0.0743. The number of nitrogens with zero attached hydrogens (tertiary/aromatic N) is 3. The van der Waals surface area contributed by atoms with Crippen molar-refractivity contribution in [1.29, 1.82) is 0 Å². The van der Waals surface area contributed by atoms with E-state index in [1.54, 1.807) is 18.2 Å². The lowest BCUT2D eigenvalue weighted by Gasteiger charge is -2.09. The first-order valence-corrected chi connectivity index (χ1v) is 7.70. The standard InChI is InChI=1S/C16H12ClF3N4O2/c1-26-11-4-2-3-9(5-11)15(25)21-7-13-22-23-14-12(17)6-10(8-24(13)14)16(18,19)20/h2-6,8H,7H2,1H3,(H,21,25). The Morgan fingerprint density at radius 3 is 2.77 bits per heavy atom. The molecule has 0 unspecified atom stereocenters. The van der Waals surface area contributed by atoms with Crippen molar-refractivity contribution in [2.45, 2.75) is 12.7 Å². The number of halogens is 4. The van der Waals surface area contributed by atoms with E-state index >= 15 is 0 Å². The summed E-state index contributed by atoms with van der Waals surface area (Å²) in [6, 6.07) is 7.23. The number of benzene rings is 1. The molecule has 0 saturated carbocycles. The number of methoxy groups -OCH3 is 1. The van der Waals surface area contributed by atoms with Crippen LogP contribution in [0.1, 0.15) is 21.7 Å². The van der Waals surface area contributed by atoms with Crippen molar-refractivity contribution in [1.82, 2.24) is 19.9 Å². The fourth-order valence-corrected chi connectivity index (χ4v) is 2.55. The van der Waals surface area contributed by atoms with Gasteiger partial charge in [-0.3, -0.25) is 9.20 Å². The molecule has 26 heavy (non-hydrogen) atoms. The molecule has 0 spiro atoms. The monoisotopic (exact) mass is 384 g/mol. The third kappa shape index (κ3) is 3.57. The van der Waals surface area contributed by atoms with Crippen molar-refractivity contribution >= 4 is 23.2 Å². The normalized spacial score (nSPS) is 11.6. The van der Waals surface area contributed by atoms with Gasteiger partial charge < -0.3 is 10.1 Å². The number of alkyl halides is 3. The Morgan fingerprint density at radius 2 is 2.08 bits per heavy atom. The second-order valence-electron chi connectivity index (χ2n) is 5.30. The molecule has 0 atom stereocenters. The number of aromatic nitrogens is 3. The van der Waals surface area contributed by atoms with Crippen LogP contribution >= 0.6 is 11.6 Å². The molecule has 1 amide bonds. The summed E-state index contributed by atoms with van der Waals surface area (Å²) < 4.78 is 45.0. The van der Waals surface area contributed by atoms with Crippen molar-refractivity contribution in [2.24, 2.45) is 0 Å². The highest BCUT2D eigenvalue weighted by molar-refractivity contribution is 6.33. The molecule has 2 aromatic heterocycles. The van der Waals surface area contributed by atoms with Crippen molar-refractivity contribution in [3.63, 3.8) is 0 Å². The van der Waals surface area contributed by atoms with E-state index in [9.17, 15) is 18.0 Å². The molecule has 1 N–H and O–H groups in total. The van der Waals surface area contributed by atoms with Crippen LogP contribution in [0.3, 0.4) is 0 Å². The van der Waals surface area contributed by atoms with Crippen molar-refractivity contribution in [3.8, 4) is 5.75 Å². The minimum Gasteiger partial charge on any atom is -0.497 e. The van der Waals surface area contributed by atoms with E-state index in [0.717, 1.165) is 16.7 Å². The quantitative estimate of drug-likeness (QED) is 0.749. The second-order valence-corrected chi connectivity index (χ2v) is 5.71. The van der Waals surface area contributed by atoms with Gasteiger partial charge in [0.05, 0.1) is 24.2 Å². The van der Waals surface area contributed by atoms with Gasteiger partial charge in [-0.25, -0.2) is 0 Å². The van der Waals surface area contributed by atoms with Crippen LogP contribution in [0.2, 0.25) is 5.02 Å². The van der Waals surface area contributed by atoms with Crippen molar-refractivity contribution in [2.75, 3.05) is 7.11 Å². The summed E-state index contributed by atoms with van der Waals surface area (Å²) in [5.74, 6) is 0.190. The smallest absolute Gasteiger partial charge is 0.417 e. The van der Waals surface area contributed by atoms with Crippen molar-refractivity contribution < 1.29 is 22.7 Å². The molecule has 3 rings (SSSR count). The predicted octanol–water partition coefficient (Wildman–Crippen LogP) is 3.34. The molecule has 0 radical (unpaired) electrons. The Morgan fingerprint density at radius 1 is 1.31 bits per heavy atom. The van der Waals surface area contributed by atoms with Gasteiger partial charge in [-0.1, -0.05) is 17.7 Å². The summed E-state index contributed by atoms with van der Waals surface area (Å²) >= 11 is 5.85. The van der Waals surface area contributed by atoms with Gasteiger partial charge in [-0.2, -0.15) is 13.2 Å². The number of hydrogen-bond acceptors (Lipinski definition) is 4. The first kappa shape index (κ1) is 18.0. The number of fused-ring (bicyclic) bond motifs is 1. The summed E-state index contributed by atoms with van der Waals surface area (Å²) in [5.41, 5.74) is -0.521. The zero-order valence-corrected chi connectivity index (χ0v) is 14.1. The van der Waals surface area contributed by atoms with Crippen LogP contribution in [-0.2, 0) is 12.7 Å². The number of amides is 1. The van der Waals surface area contributed by atoms with E-state index in [4.69, 9.17) is 16.3 Å². The first-order chi connectivity index (χ1) is 12.3. The van der Waals surface area contributed by atoms with E-state index in [2.05, 4.69) is 15.5 Å². The Balaban J connectivity index is 1.85. The van der Waals surface area contributed by atoms with Crippen LogP contribution in [0, 0.1) is 0 Å². The molecule has 2 heterocycles. The average Bonchev–Trinajstić information content (AvgIpc) is 3.02. The van der Waals surface area contributed by atoms with Crippen LogP contribution in [0.15, 0.2) is 36.5 Å². The maximum atomic E-state index is 12.9. The predicted molar refractivity (Wildman–Crippen MR) is 87.2 cm³/mol. The maximum Gasteiger partial charge on any atom is 0.417 e. The van der Waals surface area contributed by atoms with Gasteiger partial charge in [0.1, 0.15) is 5.75 Å². The highest BCUT2D eigenvalue weighted by Gasteiger charge is 2.32. The van der Waals surface area contributed by atoms with Crippen LogP contribution in [0.25, 0.3) is 5.65 Å². The minimum atomic E-state index is -4.57. The van der Waals surface area contributed by atoms with Crippen LogP contribution in [0.5, 0.6) is 5.75 Å². The topological polar surface area (TPSA) is 68.5 Å². The third-order valence-corrected chi connectivity index (χ3v) is 3.87. The number of rotatable bonds is 4. The lowest BCUT2D eigenvalue weighted by Crippen LogP contribution is -2.24. The summed E-state index contributed by atoms with van der Waals surface area (Å²) in [5, 5.41) is 9.96. The van der Waals surface area contributed by atoms with E-state index in [1.165, 1.54) is 13.2 Å². The fraction of sp³-hybridized carbons (Fsp3) is 0.188. The molecule has 0 aliphatic carbocycles. The second kappa shape index (κ2) is 6.83. The van der Waals surface area contributed by atoms with Gasteiger partial charge in [-0.05, 0) is 24.3 Å². The molecule has 0 aliphatic heterocycles. The average molecular weight is 385 g/mol. The van der Waals surface area contributed by atoms with Gasteiger partial charge in [0.2, 0.25) is 0 Å². The molecule has 3 aromatic rings. The Kier molecular flexibility index (Phi) is 4.73. The summed E-state index contributed by atoms with van der Waals surface area (Å²) in [6.07, 6.45) is -3.72. The zero-order chi connectivity index (χ0) is 18.9. The third-order valence-electron chi connectivity index (χ3n) is 3.60. The molecular formula is C16H12ClF3N4O2. The molecule has 0 bridgehead atoms. The van der Waals surface area contributed by atoms with E-state index in [-0.39, 0.29) is 23.0 Å². The lowest BCUT2D eigenvalue weighted by molar-refractivity contribution is -0.137.